The number of ketones is 1. The van der Waals surface area contributed by atoms with Gasteiger partial charge in [0.1, 0.15) is 0 Å². The predicted molar refractivity (Wildman–Crippen MR) is 68.0 cm³/mol. The average Bonchev–Trinajstić information content (AvgIpc) is 2.37. The Bertz CT molecular complexity index is 395. The lowest BCUT2D eigenvalue weighted by Crippen LogP contribution is -2.37. The summed E-state index contributed by atoms with van der Waals surface area (Å²) >= 11 is 0. The molecule has 0 saturated carbocycles. The third-order valence-electron chi connectivity index (χ3n) is 2.82. The van der Waals surface area contributed by atoms with Gasteiger partial charge in [-0.2, -0.15) is 0 Å². The molecule has 0 fully saturated rings. The summed E-state index contributed by atoms with van der Waals surface area (Å²) in [4.78, 5) is 23.4. The van der Waals surface area contributed by atoms with Gasteiger partial charge in [0.05, 0.1) is 0 Å². The second kappa shape index (κ2) is 6.18. The van der Waals surface area contributed by atoms with E-state index in [1.807, 2.05) is 32.9 Å². The summed E-state index contributed by atoms with van der Waals surface area (Å²) in [6, 6.07) is 7.20. The highest BCUT2D eigenvalue weighted by molar-refractivity contribution is 6.42. The van der Waals surface area contributed by atoms with Gasteiger partial charge in [-0.1, -0.05) is 38.1 Å². The van der Waals surface area contributed by atoms with Crippen molar-refractivity contribution in [2.24, 2.45) is 0 Å². The zero-order valence-corrected chi connectivity index (χ0v) is 10.6. The summed E-state index contributed by atoms with van der Waals surface area (Å²) < 4.78 is 0. The van der Waals surface area contributed by atoms with Gasteiger partial charge >= 0.3 is 0 Å². The molecule has 1 aromatic rings. The van der Waals surface area contributed by atoms with E-state index in [1.54, 1.807) is 12.1 Å². The lowest BCUT2D eigenvalue weighted by molar-refractivity contribution is -0.117. The first-order chi connectivity index (χ1) is 8.08. The van der Waals surface area contributed by atoms with Gasteiger partial charge in [0.25, 0.3) is 5.91 Å². The maximum Gasteiger partial charge on any atom is 0.292 e. The Hall–Kier alpha value is -1.64. The lowest BCUT2D eigenvalue weighted by atomic mass is 10.1. The fourth-order valence-corrected chi connectivity index (χ4v) is 1.41. The molecule has 3 nitrogen and oxygen atoms in total. The number of Topliss-reactive ketones (excluding diaryl/α,β-unsaturated/α-hetero) is 1. The van der Waals surface area contributed by atoms with Crippen LogP contribution >= 0.6 is 0 Å². The van der Waals surface area contributed by atoms with Crippen molar-refractivity contribution in [3.05, 3.63) is 35.4 Å². The Labute approximate surface area is 102 Å². The van der Waals surface area contributed by atoms with Crippen molar-refractivity contribution in [2.45, 2.75) is 39.7 Å². The second-order valence-electron chi connectivity index (χ2n) is 4.16. The Morgan fingerprint density at radius 1 is 1.18 bits per heavy atom. The number of aryl methyl sites for hydroxylation is 1. The van der Waals surface area contributed by atoms with Crippen LogP contribution in [0.1, 0.15) is 43.1 Å². The number of carbonyl (C=O) groups is 2. The first-order valence-corrected chi connectivity index (χ1v) is 6.02. The molecule has 1 N–H and O–H groups in total. The maximum absolute atomic E-state index is 11.8. The van der Waals surface area contributed by atoms with Gasteiger partial charge in [-0.3, -0.25) is 9.59 Å². The molecule has 0 aromatic heterocycles. The van der Waals surface area contributed by atoms with E-state index in [1.165, 1.54) is 0 Å². The average molecular weight is 233 g/mol. The third-order valence-corrected chi connectivity index (χ3v) is 2.82. The number of rotatable bonds is 5. The molecular weight excluding hydrogens is 214 g/mol. The van der Waals surface area contributed by atoms with E-state index in [4.69, 9.17) is 0 Å². The first kappa shape index (κ1) is 13.4. The quantitative estimate of drug-likeness (QED) is 0.626. The fourth-order valence-electron chi connectivity index (χ4n) is 1.41. The van der Waals surface area contributed by atoms with Crippen LogP contribution in [0.5, 0.6) is 0 Å². The molecule has 0 heterocycles. The van der Waals surface area contributed by atoms with Gasteiger partial charge in [0, 0.05) is 11.6 Å². The normalized spacial score (nSPS) is 11.9. The van der Waals surface area contributed by atoms with Gasteiger partial charge < -0.3 is 5.32 Å². The van der Waals surface area contributed by atoms with Crippen molar-refractivity contribution in [1.82, 2.24) is 5.32 Å². The number of carbonyl (C=O) groups excluding carboxylic acids is 2. The molecule has 1 aromatic carbocycles. The minimum atomic E-state index is -0.524. The highest BCUT2D eigenvalue weighted by Gasteiger charge is 2.17. The number of amides is 1. The minimum Gasteiger partial charge on any atom is -0.347 e. The molecular formula is C14H19NO2. The standard InChI is InChI=1S/C14H19NO2/c1-4-10(3)15-14(17)13(16)12-8-6-11(5-2)7-9-12/h6-10H,4-5H2,1-3H3,(H,15,17). The maximum atomic E-state index is 11.8. The molecule has 0 bridgehead atoms. The van der Waals surface area contributed by atoms with Gasteiger partial charge in [-0.15, -0.1) is 0 Å². The van der Waals surface area contributed by atoms with Gasteiger partial charge in [0.2, 0.25) is 5.78 Å². The highest BCUT2D eigenvalue weighted by atomic mass is 16.2. The van der Waals surface area contributed by atoms with E-state index in [0.29, 0.717) is 5.56 Å². The van der Waals surface area contributed by atoms with E-state index < -0.39 is 11.7 Å². The Morgan fingerprint density at radius 3 is 2.24 bits per heavy atom. The molecule has 0 saturated heterocycles. The van der Waals surface area contributed by atoms with Crippen LogP contribution in [0.2, 0.25) is 0 Å². The molecule has 1 rings (SSSR count). The molecule has 3 heteroatoms. The summed E-state index contributed by atoms with van der Waals surface area (Å²) in [5, 5.41) is 2.67. The molecule has 1 amide bonds. The topological polar surface area (TPSA) is 46.2 Å². The SMILES string of the molecule is CCc1ccc(C(=O)C(=O)NC(C)CC)cc1. The van der Waals surface area contributed by atoms with Crippen LogP contribution in [0, 0.1) is 0 Å². The van der Waals surface area contributed by atoms with Crippen molar-refractivity contribution in [2.75, 3.05) is 0 Å². The number of hydrogen-bond acceptors (Lipinski definition) is 2. The number of hydrogen-bond donors (Lipinski definition) is 1. The van der Waals surface area contributed by atoms with E-state index in [9.17, 15) is 9.59 Å². The van der Waals surface area contributed by atoms with Crippen molar-refractivity contribution >= 4 is 11.7 Å². The van der Waals surface area contributed by atoms with Crippen LogP contribution in [0.25, 0.3) is 0 Å². The molecule has 0 radical (unpaired) electrons. The van der Waals surface area contributed by atoms with Crippen LogP contribution in [-0.4, -0.2) is 17.7 Å². The second-order valence-corrected chi connectivity index (χ2v) is 4.16. The molecule has 0 aliphatic carbocycles. The largest absolute Gasteiger partial charge is 0.347 e. The van der Waals surface area contributed by atoms with Crippen LogP contribution in [-0.2, 0) is 11.2 Å². The van der Waals surface area contributed by atoms with E-state index in [2.05, 4.69) is 5.32 Å². The zero-order valence-electron chi connectivity index (χ0n) is 10.6. The first-order valence-electron chi connectivity index (χ1n) is 6.02. The van der Waals surface area contributed by atoms with Gasteiger partial charge in [0.15, 0.2) is 0 Å². The Kier molecular flexibility index (Phi) is 4.88. The summed E-state index contributed by atoms with van der Waals surface area (Å²) in [7, 11) is 0. The van der Waals surface area contributed by atoms with Gasteiger partial charge in [-0.25, -0.2) is 0 Å². The van der Waals surface area contributed by atoms with Crippen molar-refractivity contribution in [3.8, 4) is 0 Å². The van der Waals surface area contributed by atoms with Crippen molar-refractivity contribution in [1.29, 1.82) is 0 Å². The highest BCUT2D eigenvalue weighted by Crippen LogP contribution is 2.06. The van der Waals surface area contributed by atoms with E-state index in [0.717, 1.165) is 18.4 Å². The number of benzene rings is 1. The summed E-state index contributed by atoms with van der Waals surface area (Å²) in [5.41, 5.74) is 1.60. The summed E-state index contributed by atoms with van der Waals surface area (Å²) in [5.74, 6) is -0.989. The Balaban J connectivity index is 2.71. The molecule has 0 aliphatic heterocycles. The van der Waals surface area contributed by atoms with Crippen LogP contribution < -0.4 is 5.32 Å². The molecule has 0 aliphatic rings. The summed E-state index contributed by atoms with van der Waals surface area (Å²) in [6.07, 6.45) is 1.74. The van der Waals surface area contributed by atoms with Crippen molar-refractivity contribution in [3.63, 3.8) is 0 Å². The molecule has 92 valence electrons. The monoisotopic (exact) mass is 233 g/mol. The van der Waals surface area contributed by atoms with Crippen LogP contribution in [0.15, 0.2) is 24.3 Å². The molecule has 17 heavy (non-hydrogen) atoms. The molecule has 1 unspecified atom stereocenters. The fraction of sp³-hybridized carbons (Fsp3) is 0.429. The van der Waals surface area contributed by atoms with Crippen LogP contribution in [0.4, 0.5) is 0 Å². The lowest BCUT2D eigenvalue weighted by Gasteiger charge is -2.10. The third kappa shape index (κ3) is 3.70. The number of nitrogens with one attached hydrogen (secondary N) is 1. The van der Waals surface area contributed by atoms with Crippen LogP contribution in [0.3, 0.4) is 0 Å². The summed E-state index contributed by atoms with van der Waals surface area (Å²) in [6.45, 7) is 5.89. The zero-order chi connectivity index (χ0) is 12.8. The van der Waals surface area contributed by atoms with Crippen molar-refractivity contribution < 1.29 is 9.59 Å². The van der Waals surface area contributed by atoms with E-state index in [-0.39, 0.29) is 6.04 Å². The molecule has 0 spiro atoms. The Morgan fingerprint density at radius 2 is 1.76 bits per heavy atom. The van der Waals surface area contributed by atoms with Gasteiger partial charge in [-0.05, 0) is 25.3 Å². The minimum absolute atomic E-state index is 0.0290. The molecule has 1 atom stereocenters. The predicted octanol–water partition coefficient (Wildman–Crippen LogP) is 2.35. The van der Waals surface area contributed by atoms with E-state index >= 15 is 0 Å². The smallest absolute Gasteiger partial charge is 0.292 e.